The van der Waals surface area contributed by atoms with E-state index in [0.29, 0.717) is 31.3 Å². The summed E-state index contributed by atoms with van der Waals surface area (Å²) in [6.45, 7) is 4.25. The van der Waals surface area contributed by atoms with Crippen LogP contribution in [0.2, 0.25) is 0 Å². The molecule has 1 aliphatic rings. The molecule has 1 atom stereocenters. The molecule has 0 aliphatic carbocycles. The van der Waals surface area contributed by atoms with Crippen LogP contribution in [-0.2, 0) is 14.8 Å². The molecule has 1 N–H and O–H groups in total. The lowest BCUT2D eigenvalue weighted by atomic mass is 10.2. The summed E-state index contributed by atoms with van der Waals surface area (Å²) < 4.78 is 42.9. The van der Waals surface area contributed by atoms with Crippen molar-refractivity contribution in [3.8, 4) is 0 Å². The lowest BCUT2D eigenvalue weighted by Crippen LogP contribution is -2.50. The number of fused-ring (bicyclic) bond motifs is 1. The number of thiazole rings is 1. The van der Waals surface area contributed by atoms with E-state index < -0.39 is 16.1 Å². The SMILES string of the molecule is CC(C(=O)N1CCN(c2ccc(S(=O)(=O)Nc3nccs3)cc2)CC1)n1ccc2cc(F)ccc21. The Balaban J connectivity index is 1.21. The van der Waals surface area contributed by atoms with Crippen molar-refractivity contribution < 1.29 is 17.6 Å². The predicted octanol–water partition coefficient (Wildman–Crippen LogP) is 3.95. The van der Waals surface area contributed by atoms with Gasteiger partial charge in [0, 0.05) is 60.5 Å². The van der Waals surface area contributed by atoms with Gasteiger partial charge in [-0.3, -0.25) is 9.52 Å². The molecule has 2 aromatic heterocycles. The molecule has 0 bridgehead atoms. The number of nitrogens with zero attached hydrogens (tertiary/aromatic N) is 4. The number of benzene rings is 2. The molecule has 1 amide bonds. The fourth-order valence-electron chi connectivity index (χ4n) is 4.32. The van der Waals surface area contributed by atoms with Crippen LogP contribution in [0.15, 0.2) is 71.2 Å². The Hall–Kier alpha value is -3.44. The van der Waals surface area contributed by atoms with Gasteiger partial charge in [0.05, 0.1) is 4.90 Å². The van der Waals surface area contributed by atoms with Crippen molar-refractivity contribution in [1.29, 1.82) is 0 Å². The van der Waals surface area contributed by atoms with E-state index >= 15 is 0 Å². The first-order valence-electron chi connectivity index (χ1n) is 11.1. The van der Waals surface area contributed by atoms with E-state index in [0.717, 1.165) is 16.6 Å². The summed E-state index contributed by atoms with van der Waals surface area (Å²) in [7, 11) is -3.70. The number of anilines is 2. The number of nitrogens with one attached hydrogen (secondary N) is 1. The highest BCUT2D eigenvalue weighted by Gasteiger charge is 2.27. The third kappa shape index (κ3) is 4.73. The summed E-state index contributed by atoms with van der Waals surface area (Å²) in [6.07, 6.45) is 3.36. The lowest BCUT2D eigenvalue weighted by Gasteiger charge is -2.37. The van der Waals surface area contributed by atoms with Gasteiger partial charge < -0.3 is 14.4 Å². The molecule has 3 heterocycles. The predicted molar refractivity (Wildman–Crippen MR) is 135 cm³/mol. The smallest absolute Gasteiger partial charge is 0.263 e. The number of aromatic nitrogens is 2. The normalized spacial score (nSPS) is 15.4. The molecule has 5 rings (SSSR count). The van der Waals surface area contributed by atoms with E-state index in [1.54, 1.807) is 41.9 Å². The number of rotatable bonds is 6. The van der Waals surface area contributed by atoms with Crippen molar-refractivity contribution in [3.63, 3.8) is 0 Å². The molecule has 1 fully saturated rings. The van der Waals surface area contributed by atoms with Gasteiger partial charge >= 0.3 is 0 Å². The first-order valence-corrected chi connectivity index (χ1v) is 13.5. The van der Waals surface area contributed by atoms with Crippen LogP contribution >= 0.6 is 11.3 Å². The summed E-state index contributed by atoms with van der Waals surface area (Å²) >= 11 is 1.22. The lowest BCUT2D eigenvalue weighted by molar-refractivity contribution is -0.134. The van der Waals surface area contributed by atoms with Gasteiger partial charge in [-0.1, -0.05) is 0 Å². The number of hydrogen-bond donors (Lipinski definition) is 1. The Morgan fingerprint density at radius 1 is 1.09 bits per heavy atom. The average molecular weight is 514 g/mol. The Labute approximate surface area is 206 Å². The highest BCUT2D eigenvalue weighted by atomic mass is 32.2. The Morgan fingerprint density at radius 2 is 1.83 bits per heavy atom. The number of piperazine rings is 1. The van der Waals surface area contributed by atoms with Gasteiger partial charge in [-0.2, -0.15) is 0 Å². The zero-order valence-corrected chi connectivity index (χ0v) is 20.6. The third-order valence-corrected chi connectivity index (χ3v) is 8.39. The van der Waals surface area contributed by atoms with Crippen LogP contribution in [0.5, 0.6) is 0 Å². The molecular formula is C24H24FN5O3S2. The summed E-state index contributed by atoms with van der Waals surface area (Å²) in [5.74, 6) is -0.284. The van der Waals surface area contributed by atoms with Crippen molar-refractivity contribution >= 4 is 49.0 Å². The topological polar surface area (TPSA) is 87.5 Å². The van der Waals surface area contributed by atoms with Crippen LogP contribution in [-0.4, -0.2) is 55.0 Å². The molecule has 0 saturated carbocycles. The molecule has 0 radical (unpaired) electrons. The molecule has 1 unspecified atom stereocenters. The second kappa shape index (κ2) is 9.31. The molecule has 0 spiro atoms. The van der Waals surface area contributed by atoms with Gasteiger partial charge in [0.1, 0.15) is 11.9 Å². The van der Waals surface area contributed by atoms with Gasteiger partial charge in [-0.05, 0) is 55.5 Å². The fraction of sp³-hybridized carbons (Fsp3) is 0.250. The summed E-state index contributed by atoms with van der Waals surface area (Å²) in [5.41, 5.74) is 1.72. The monoisotopic (exact) mass is 513 g/mol. The van der Waals surface area contributed by atoms with Crippen molar-refractivity contribution in [2.75, 3.05) is 35.8 Å². The molecule has 4 aromatic rings. The third-order valence-electron chi connectivity index (χ3n) is 6.21. The molecule has 8 nitrogen and oxygen atoms in total. The summed E-state index contributed by atoms with van der Waals surface area (Å²) in [5, 5.41) is 2.79. The molecule has 2 aromatic carbocycles. The first kappa shape index (κ1) is 23.3. The fourth-order valence-corrected chi connectivity index (χ4v) is 6.11. The minimum Gasteiger partial charge on any atom is -0.368 e. The molecule has 35 heavy (non-hydrogen) atoms. The molecular weight excluding hydrogens is 489 g/mol. The van der Waals surface area contributed by atoms with Gasteiger partial charge in [0.2, 0.25) is 5.91 Å². The number of hydrogen-bond acceptors (Lipinski definition) is 6. The number of carbonyl (C=O) groups is 1. The summed E-state index contributed by atoms with van der Waals surface area (Å²) in [6, 6.07) is 12.7. The zero-order chi connectivity index (χ0) is 24.6. The minimum atomic E-state index is -3.70. The van der Waals surface area contributed by atoms with Crippen LogP contribution in [0.3, 0.4) is 0 Å². The zero-order valence-electron chi connectivity index (χ0n) is 19.0. The van der Waals surface area contributed by atoms with Gasteiger partial charge in [-0.15, -0.1) is 11.3 Å². The van der Waals surface area contributed by atoms with Crippen molar-refractivity contribution in [2.45, 2.75) is 17.9 Å². The van der Waals surface area contributed by atoms with Crippen LogP contribution in [0.4, 0.5) is 15.2 Å². The van der Waals surface area contributed by atoms with E-state index in [-0.39, 0.29) is 16.6 Å². The highest BCUT2D eigenvalue weighted by molar-refractivity contribution is 7.93. The number of sulfonamides is 1. The van der Waals surface area contributed by atoms with Crippen molar-refractivity contribution in [2.24, 2.45) is 0 Å². The highest BCUT2D eigenvalue weighted by Crippen LogP contribution is 2.25. The van der Waals surface area contributed by atoms with E-state index in [9.17, 15) is 17.6 Å². The first-order chi connectivity index (χ1) is 16.8. The van der Waals surface area contributed by atoms with Crippen LogP contribution < -0.4 is 9.62 Å². The van der Waals surface area contributed by atoms with Crippen LogP contribution in [0.25, 0.3) is 10.9 Å². The maximum absolute atomic E-state index is 13.5. The van der Waals surface area contributed by atoms with E-state index in [1.807, 2.05) is 28.7 Å². The van der Waals surface area contributed by atoms with Gasteiger partial charge in [-0.25, -0.2) is 17.8 Å². The quantitative estimate of drug-likeness (QED) is 0.422. The Kier molecular flexibility index (Phi) is 6.20. The molecule has 1 saturated heterocycles. The van der Waals surface area contributed by atoms with E-state index in [1.165, 1.54) is 23.5 Å². The van der Waals surface area contributed by atoms with Crippen molar-refractivity contribution in [1.82, 2.24) is 14.5 Å². The van der Waals surface area contributed by atoms with Gasteiger partial charge in [0.25, 0.3) is 10.0 Å². The van der Waals surface area contributed by atoms with E-state index in [4.69, 9.17) is 0 Å². The number of halogens is 1. The molecule has 11 heteroatoms. The largest absolute Gasteiger partial charge is 0.368 e. The number of amides is 1. The second-order valence-electron chi connectivity index (χ2n) is 8.35. The number of carbonyl (C=O) groups excluding carboxylic acids is 1. The Bertz CT molecular complexity index is 1440. The van der Waals surface area contributed by atoms with Crippen LogP contribution in [0.1, 0.15) is 13.0 Å². The molecule has 182 valence electrons. The molecule has 1 aliphatic heterocycles. The Morgan fingerprint density at radius 3 is 2.51 bits per heavy atom. The van der Waals surface area contributed by atoms with E-state index in [2.05, 4.69) is 14.6 Å². The standard InChI is InChI=1S/C24H24FN5O3S2/c1-17(30-10-8-18-16-19(25)2-7-22(18)30)23(31)29-13-11-28(12-14-29)20-3-5-21(6-4-20)35(32,33)27-24-26-9-15-34-24/h2-10,15-17H,11-14H2,1H3,(H,26,27). The van der Waals surface area contributed by atoms with Gasteiger partial charge in [0.15, 0.2) is 5.13 Å². The van der Waals surface area contributed by atoms with Crippen LogP contribution in [0, 0.1) is 5.82 Å². The minimum absolute atomic E-state index is 0.0150. The maximum atomic E-state index is 13.5. The maximum Gasteiger partial charge on any atom is 0.263 e. The second-order valence-corrected chi connectivity index (χ2v) is 10.9. The van der Waals surface area contributed by atoms with Crippen molar-refractivity contribution in [3.05, 3.63) is 72.1 Å². The average Bonchev–Trinajstić information content (AvgIpc) is 3.52. The summed E-state index contributed by atoms with van der Waals surface area (Å²) in [4.78, 5) is 21.3.